The first-order valence-electron chi connectivity index (χ1n) is 10.9. The number of alkyl halides is 3. The van der Waals surface area contributed by atoms with E-state index < -0.39 is 12.1 Å². The highest BCUT2D eigenvalue weighted by atomic mass is 19.4. The van der Waals surface area contributed by atoms with E-state index in [0.717, 1.165) is 56.3 Å². The van der Waals surface area contributed by atoms with Crippen molar-refractivity contribution in [1.29, 1.82) is 0 Å². The van der Waals surface area contributed by atoms with Crippen molar-refractivity contribution in [3.8, 4) is 0 Å². The molecule has 7 nitrogen and oxygen atoms in total. The summed E-state index contributed by atoms with van der Waals surface area (Å²) in [4.78, 5) is 21.5. The number of rotatable bonds is 6. The third-order valence-electron chi connectivity index (χ3n) is 5.51. The van der Waals surface area contributed by atoms with Gasteiger partial charge in [0.25, 0.3) is 0 Å². The molecule has 3 N–H and O–H groups in total. The van der Waals surface area contributed by atoms with E-state index in [4.69, 9.17) is 9.90 Å². The van der Waals surface area contributed by atoms with Crippen molar-refractivity contribution in [2.24, 2.45) is 0 Å². The molecule has 34 heavy (non-hydrogen) atoms. The fourth-order valence-corrected chi connectivity index (χ4v) is 3.65. The molecule has 0 atom stereocenters. The molecule has 0 amide bonds. The minimum Gasteiger partial charge on any atom is -0.475 e. The van der Waals surface area contributed by atoms with Gasteiger partial charge in [-0.05, 0) is 42.4 Å². The van der Waals surface area contributed by atoms with Crippen LogP contribution in [0.1, 0.15) is 18.2 Å². The van der Waals surface area contributed by atoms with Gasteiger partial charge in [0.15, 0.2) is 0 Å². The van der Waals surface area contributed by atoms with Crippen LogP contribution in [0.15, 0.2) is 42.6 Å². The Bertz CT molecular complexity index is 1090. The number of piperazine rings is 1. The Hall–Kier alpha value is -3.18. The minimum atomic E-state index is -5.08. The van der Waals surface area contributed by atoms with Crippen LogP contribution in [0.4, 0.5) is 23.4 Å². The summed E-state index contributed by atoms with van der Waals surface area (Å²) >= 11 is 0. The lowest BCUT2D eigenvalue weighted by atomic mass is 10.2. The molecule has 2 aromatic heterocycles. The quantitative estimate of drug-likeness (QED) is 0.465. The molecule has 184 valence electrons. The van der Waals surface area contributed by atoms with E-state index in [1.165, 1.54) is 11.6 Å². The maximum Gasteiger partial charge on any atom is 0.490 e. The molecule has 1 aliphatic heterocycles. The van der Waals surface area contributed by atoms with E-state index in [0.29, 0.717) is 11.9 Å². The second kappa shape index (κ2) is 11.3. The second-order valence-electron chi connectivity index (χ2n) is 7.85. The zero-order chi connectivity index (χ0) is 24.7. The Balaban J connectivity index is 0.000000406. The number of hydrogen-bond donors (Lipinski definition) is 3. The number of nitrogens with one attached hydrogen (secondary N) is 2. The number of carbonyl (C=O) groups is 1. The lowest BCUT2D eigenvalue weighted by Gasteiger charge is -2.34. The number of H-pyrrole nitrogens is 1. The monoisotopic (exact) mass is 481 g/mol. The molecule has 4 rings (SSSR count). The predicted molar refractivity (Wildman–Crippen MR) is 121 cm³/mol. The molecule has 0 aliphatic carbocycles. The summed E-state index contributed by atoms with van der Waals surface area (Å²) in [6, 6.07) is 11.2. The first-order chi connectivity index (χ1) is 16.2. The van der Waals surface area contributed by atoms with Crippen molar-refractivity contribution in [2.45, 2.75) is 26.2 Å². The van der Waals surface area contributed by atoms with E-state index in [1.807, 2.05) is 24.4 Å². The number of likely N-dealkylation sites (N-methyl/N-ethyl adjacent to an activating group) is 1. The summed E-state index contributed by atoms with van der Waals surface area (Å²) in [6.07, 6.45) is -3.20. The van der Waals surface area contributed by atoms with Crippen LogP contribution in [0.25, 0.3) is 10.9 Å². The maximum absolute atomic E-state index is 13.8. The van der Waals surface area contributed by atoms with Gasteiger partial charge in [-0.25, -0.2) is 14.2 Å². The standard InChI is InChI=1S/C21H26FN5.C2HF3O2/c1-2-26-8-10-27(11-9-26)21-12-16(6-7-24-21)14-23-15-17-13-18-19(22)4-3-5-20(18)25-17;3-2(4,5)1(6)7/h3-7,12-13,23,25H,2,8-11,14-15H2,1H3;(H,6,7). The van der Waals surface area contributed by atoms with Gasteiger partial charge in [-0.1, -0.05) is 13.0 Å². The van der Waals surface area contributed by atoms with E-state index >= 15 is 0 Å². The summed E-state index contributed by atoms with van der Waals surface area (Å²) in [5.41, 5.74) is 3.03. The lowest BCUT2D eigenvalue weighted by molar-refractivity contribution is -0.192. The third-order valence-corrected chi connectivity index (χ3v) is 5.51. The topological polar surface area (TPSA) is 84.5 Å². The lowest BCUT2D eigenvalue weighted by Crippen LogP contribution is -2.46. The zero-order valence-corrected chi connectivity index (χ0v) is 18.7. The van der Waals surface area contributed by atoms with Gasteiger partial charge in [-0.2, -0.15) is 13.2 Å². The normalized spacial score (nSPS) is 14.7. The van der Waals surface area contributed by atoms with Gasteiger partial charge in [0.2, 0.25) is 0 Å². The number of aromatic amines is 1. The van der Waals surface area contributed by atoms with Gasteiger partial charge in [0.1, 0.15) is 11.6 Å². The SMILES string of the molecule is CCN1CCN(c2cc(CNCc3cc4c(F)cccc4[nH]3)ccn2)CC1.O=C(O)C(F)(F)F. The molecule has 1 aliphatic rings. The highest BCUT2D eigenvalue weighted by molar-refractivity contribution is 5.80. The number of pyridine rings is 1. The predicted octanol–water partition coefficient (Wildman–Crippen LogP) is 3.77. The van der Waals surface area contributed by atoms with Crippen LogP contribution in [-0.4, -0.2) is 64.8 Å². The fourth-order valence-electron chi connectivity index (χ4n) is 3.65. The number of benzene rings is 1. The molecule has 0 bridgehead atoms. The number of fused-ring (bicyclic) bond motifs is 1. The summed E-state index contributed by atoms with van der Waals surface area (Å²) in [7, 11) is 0. The van der Waals surface area contributed by atoms with Gasteiger partial charge in [0, 0.05) is 62.1 Å². The number of nitrogens with zero attached hydrogens (tertiary/aromatic N) is 3. The Labute approximate surface area is 194 Å². The number of anilines is 1. The van der Waals surface area contributed by atoms with Crippen molar-refractivity contribution in [1.82, 2.24) is 20.2 Å². The zero-order valence-electron chi connectivity index (χ0n) is 18.7. The van der Waals surface area contributed by atoms with Gasteiger partial charge < -0.3 is 25.2 Å². The molecule has 1 saturated heterocycles. The van der Waals surface area contributed by atoms with E-state index in [1.54, 1.807) is 6.07 Å². The number of hydrogen-bond acceptors (Lipinski definition) is 5. The van der Waals surface area contributed by atoms with Gasteiger partial charge in [0.05, 0.1) is 0 Å². The smallest absolute Gasteiger partial charge is 0.475 e. The summed E-state index contributed by atoms with van der Waals surface area (Å²) in [6.45, 7) is 8.99. The van der Waals surface area contributed by atoms with Gasteiger partial charge in [-0.3, -0.25) is 0 Å². The number of carboxylic acid groups (broad SMARTS) is 1. The molecular weight excluding hydrogens is 454 g/mol. The van der Waals surface area contributed by atoms with E-state index in [9.17, 15) is 17.6 Å². The Kier molecular flexibility index (Phi) is 8.46. The highest BCUT2D eigenvalue weighted by Crippen LogP contribution is 2.19. The molecule has 0 unspecified atom stereocenters. The molecule has 11 heteroatoms. The first kappa shape index (κ1) is 25.4. The number of carboxylic acids is 1. The van der Waals surface area contributed by atoms with Crippen molar-refractivity contribution in [3.05, 3.63) is 59.7 Å². The van der Waals surface area contributed by atoms with Crippen LogP contribution >= 0.6 is 0 Å². The molecule has 1 fully saturated rings. The van der Waals surface area contributed by atoms with Crippen LogP contribution in [-0.2, 0) is 17.9 Å². The number of halogens is 4. The summed E-state index contributed by atoms with van der Waals surface area (Å²) in [5, 5.41) is 11.2. The Morgan fingerprint density at radius 3 is 2.47 bits per heavy atom. The molecule has 3 aromatic rings. The largest absolute Gasteiger partial charge is 0.490 e. The van der Waals surface area contributed by atoms with Crippen molar-refractivity contribution in [3.63, 3.8) is 0 Å². The maximum atomic E-state index is 13.8. The van der Waals surface area contributed by atoms with Crippen LogP contribution in [0, 0.1) is 5.82 Å². The average molecular weight is 481 g/mol. The second-order valence-corrected chi connectivity index (χ2v) is 7.85. The van der Waals surface area contributed by atoms with Crippen molar-refractivity contribution < 1.29 is 27.5 Å². The van der Waals surface area contributed by atoms with Crippen LogP contribution in [0.5, 0.6) is 0 Å². The fraction of sp³-hybridized carbons (Fsp3) is 0.391. The summed E-state index contributed by atoms with van der Waals surface area (Å²) in [5.74, 6) is -1.89. The Morgan fingerprint density at radius 1 is 1.15 bits per heavy atom. The molecule has 0 saturated carbocycles. The van der Waals surface area contributed by atoms with Gasteiger partial charge in [-0.15, -0.1) is 0 Å². The van der Waals surface area contributed by atoms with Crippen LogP contribution in [0.2, 0.25) is 0 Å². The number of aromatic nitrogens is 2. The van der Waals surface area contributed by atoms with E-state index in [2.05, 4.69) is 38.1 Å². The van der Waals surface area contributed by atoms with Crippen LogP contribution < -0.4 is 10.2 Å². The molecule has 0 spiro atoms. The molecule has 3 heterocycles. The molecular formula is C23H27F4N5O2. The van der Waals surface area contributed by atoms with Crippen molar-refractivity contribution in [2.75, 3.05) is 37.6 Å². The Morgan fingerprint density at radius 2 is 1.85 bits per heavy atom. The molecule has 0 radical (unpaired) electrons. The summed E-state index contributed by atoms with van der Waals surface area (Å²) < 4.78 is 45.5. The van der Waals surface area contributed by atoms with Crippen molar-refractivity contribution >= 4 is 22.7 Å². The average Bonchev–Trinajstić information content (AvgIpc) is 3.23. The molecule has 1 aromatic carbocycles. The third kappa shape index (κ3) is 6.91. The minimum absolute atomic E-state index is 0.183. The highest BCUT2D eigenvalue weighted by Gasteiger charge is 2.38. The van der Waals surface area contributed by atoms with Gasteiger partial charge >= 0.3 is 12.1 Å². The van der Waals surface area contributed by atoms with E-state index in [-0.39, 0.29) is 5.82 Å². The number of aliphatic carboxylic acids is 1. The van der Waals surface area contributed by atoms with Crippen LogP contribution in [0.3, 0.4) is 0 Å². The first-order valence-corrected chi connectivity index (χ1v) is 10.9.